The lowest BCUT2D eigenvalue weighted by Crippen LogP contribution is -2.64. The first-order valence-corrected chi connectivity index (χ1v) is 11.6. The molecule has 0 aliphatic carbocycles. The molecule has 28 heavy (non-hydrogen) atoms. The normalized spacial score (nSPS) is 32.1. The second kappa shape index (κ2) is 7.55. The van der Waals surface area contributed by atoms with Gasteiger partial charge in [0, 0.05) is 23.3 Å². The first-order chi connectivity index (χ1) is 13.3. The van der Waals surface area contributed by atoms with E-state index in [0.717, 1.165) is 15.9 Å². The highest BCUT2D eigenvalue weighted by Gasteiger charge is 2.62. The average Bonchev–Trinajstić information content (AvgIpc) is 3.18. The van der Waals surface area contributed by atoms with Crippen LogP contribution in [0.3, 0.4) is 0 Å². The van der Waals surface area contributed by atoms with Gasteiger partial charge in [-0.3, -0.25) is 4.79 Å². The summed E-state index contributed by atoms with van der Waals surface area (Å²) >= 11 is 3.06. The van der Waals surface area contributed by atoms with E-state index in [1.54, 1.807) is 18.7 Å². The number of thioether (sulfide) groups is 2. The summed E-state index contributed by atoms with van der Waals surface area (Å²) < 4.78 is 0.745. The Bertz CT molecular complexity index is 781. The van der Waals surface area contributed by atoms with Crippen LogP contribution in [0.2, 0.25) is 0 Å². The van der Waals surface area contributed by atoms with Gasteiger partial charge in [-0.05, 0) is 13.0 Å². The summed E-state index contributed by atoms with van der Waals surface area (Å²) in [6, 6.07) is 7.37. The maximum Gasteiger partial charge on any atom is 0.328 e. The van der Waals surface area contributed by atoms with Crippen LogP contribution in [-0.4, -0.2) is 73.7 Å². The molecule has 1 aromatic rings. The Kier molecular flexibility index (Phi) is 5.41. The number of amides is 1. The number of carbonyl (C=O) groups excluding carboxylic acids is 1. The molecule has 5 atom stereocenters. The van der Waals surface area contributed by atoms with Crippen molar-refractivity contribution in [2.24, 2.45) is 5.92 Å². The number of benzene rings is 1. The molecule has 6 nitrogen and oxygen atoms in total. The molecule has 8 heteroatoms. The van der Waals surface area contributed by atoms with Crippen molar-refractivity contribution in [3.63, 3.8) is 0 Å². The molecular formula is C20H27N2O4S2+. The Balaban J connectivity index is 1.55. The van der Waals surface area contributed by atoms with Crippen molar-refractivity contribution in [1.82, 2.24) is 4.90 Å². The standard InChI is InChI=1S/C20H26N2O4S2/c1-12(23)15-17(24)21-16(19(25)26)20(28-18(15)21)27-14-8-4-3-7-13(14)11-22(2)9-5-6-10-22/h3-4,7-8,12,15-16,18,20,23H,5-6,9-11H2,1-2H3/p+1/t12-,15+,16?,18-,20?/m1/s1. The van der Waals surface area contributed by atoms with Gasteiger partial charge in [-0.1, -0.05) is 18.2 Å². The lowest BCUT2D eigenvalue weighted by molar-refractivity contribution is -0.911. The molecule has 3 aliphatic rings. The van der Waals surface area contributed by atoms with Crippen molar-refractivity contribution in [2.75, 3.05) is 20.1 Å². The van der Waals surface area contributed by atoms with E-state index in [4.69, 9.17) is 0 Å². The number of fused-ring (bicyclic) bond motifs is 1. The molecule has 0 bridgehead atoms. The summed E-state index contributed by atoms with van der Waals surface area (Å²) in [5, 5.41) is 19.4. The molecule has 0 radical (unpaired) electrons. The van der Waals surface area contributed by atoms with Gasteiger partial charge in [0.05, 0.1) is 42.1 Å². The Hall–Kier alpha value is -1.22. The average molecular weight is 424 g/mol. The molecule has 152 valence electrons. The number of β-lactam (4-membered cyclic amide) rings is 1. The smallest absolute Gasteiger partial charge is 0.328 e. The van der Waals surface area contributed by atoms with Crippen molar-refractivity contribution in [2.45, 2.75) is 53.3 Å². The number of carbonyl (C=O) groups is 2. The fourth-order valence-electron chi connectivity index (χ4n) is 4.61. The number of likely N-dealkylation sites (tertiary alicyclic amines) is 1. The van der Waals surface area contributed by atoms with Crippen LogP contribution in [-0.2, 0) is 16.1 Å². The largest absolute Gasteiger partial charge is 0.480 e. The summed E-state index contributed by atoms with van der Waals surface area (Å²) in [7, 11) is 2.29. The predicted molar refractivity (Wildman–Crippen MR) is 110 cm³/mol. The fourth-order valence-corrected chi connectivity index (χ4v) is 8.11. The highest BCUT2D eigenvalue weighted by Crippen LogP contribution is 2.53. The number of aliphatic carboxylic acids is 1. The summed E-state index contributed by atoms with van der Waals surface area (Å²) in [5.41, 5.74) is 1.24. The highest BCUT2D eigenvalue weighted by molar-refractivity contribution is 8.17. The Morgan fingerprint density at radius 1 is 1.36 bits per heavy atom. The molecule has 3 fully saturated rings. The minimum atomic E-state index is -0.971. The molecule has 0 aromatic heterocycles. The van der Waals surface area contributed by atoms with Crippen LogP contribution in [0, 0.1) is 5.92 Å². The molecule has 4 rings (SSSR count). The monoisotopic (exact) mass is 423 g/mol. The lowest BCUT2D eigenvalue weighted by Gasteiger charge is -2.44. The van der Waals surface area contributed by atoms with E-state index in [2.05, 4.69) is 19.2 Å². The SMILES string of the molecule is C[C@@H](O)[C@H]1C(=O)N2C(C(=O)O)C(Sc3ccccc3C[N+]3(C)CCCC3)S[C@H]12. The van der Waals surface area contributed by atoms with Gasteiger partial charge in [0.2, 0.25) is 5.91 Å². The quantitative estimate of drug-likeness (QED) is 0.540. The van der Waals surface area contributed by atoms with E-state index in [9.17, 15) is 19.8 Å². The third-order valence-electron chi connectivity index (χ3n) is 6.14. The van der Waals surface area contributed by atoms with E-state index in [1.807, 2.05) is 12.1 Å². The number of carboxylic acids is 1. The van der Waals surface area contributed by atoms with Crippen molar-refractivity contribution in [1.29, 1.82) is 0 Å². The minimum absolute atomic E-state index is 0.244. The zero-order valence-electron chi connectivity index (χ0n) is 16.2. The van der Waals surface area contributed by atoms with E-state index in [1.165, 1.54) is 48.2 Å². The Morgan fingerprint density at radius 2 is 2.04 bits per heavy atom. The Labute approximate surface area is 173 Å². The minimum Gasteiger partial charge on any atom is -0.480 e. The second-order valence-corrected chi connectivity index (χ2v) is 11.1. The number of rotatable bonds is 6. The molecule has 0 spiro atoms. The molecule has 3 saturated heterocycles. The summed E-state index contributed by atoms with van der Waals surface area (Å²) in [6.45, 7) is 4.90. The highest BCUT2D eigenvalue weighted by atomic mass is 32.2. The number of hydrogen-bond acceptors (Lipinski definition) is 5. The van der Waals surface area contributed by atoms with E-state index in [-0.39, 0.29) is 15.9 Å². The number of aliphatic hydroxyl groups is 1. The van der Waals surface area contributed by atoms with E-state index in [0.29, 0.717) is 0 Å². The summed E-state index contributed by atoms with van der Waals surface area (Å²) in [5.74, 6) is -1.71. The molecule has 2 unspecified atom stereocenters. The van der Waals surface area contributed by atoms with Gasteiger partial charge >= 0.3 is 5.97 Å². The van der Waals surface area contributed by atoms with E-state index >= 15 is 0 Å². The van der Waals surface area contributed by atoms with Crippen molar-refractivity contribution in [3.8, 4) is 0 Å². The molecule has 0 saturated carbocycles. The molecule has 3 heterocycles. The molecule has 1 aromatic carbocycles. The van der Waals surface area contributed by atoms with E-state index < -0.39 is 24.0 Å². The molecular weight excluding hydrogens is 396 g/mol. The van der Waals surface area contributed by atoms with Gasteiger partial charge in [-0.15, -0.1) is 23.5 Å². The van der Waals surface area contributed by atoms with Crippen LogP contribution < -0.4 is 0 Å². The third-order valence-corrected chi connectivity index (χ3v) is 9.23. The fraction of sp³-hybridized carbons (Fsp3) is 0.600. The zero-order valence-corrected chi connectivity index (χ0v) is 17.8. The number of aliphatic hydroxyl groups excluding tert-OH is 1. The van der Waals surface area contributed by atoms with Gasteiger partial charge in [-0.2, -0.15) is 0 Å². The van der Waals surface area contributed by atoms with Crippen LogP contribution in [0.1, 0.15) is 25.3 Å². The molecule has 2 N–H and O–H groups in total. The number of carboxylic acid groups (broad SMARTS) is 1. The van der Waals surface area contributed by atoms with Crippen LogP contribution >= 0.6 is 23.5 Å². The first kappa shape index (κ1) is 20.1. The van der Waals surface area contributed by atoms with Gasteiger partial charge < -0.3 is 19.6 Å². The number of hydrogen-bond donors (Lipinski definition) is 2. The van der Waals surface area contributed by atoms with Crippen LogP contribution in [0.15, 0.2) is 29.2 Å². The van der Waals surface area contributed by atoms with Gasteiger partial charge in [0.25, 0.3) is 0 Å². The first-order valence-electron chi connectivity index (χ1n) is 9.77. The van der Waals surface area contributed by atoms with Crippen molar-refractivity contribution < 1.29 is 24.3 Å². The molecule has 3 aliphatic heterocycles. The Morgan fingerprint density at radius 3 is 2.68 bits per heavy atom. The van der Waals surface area contributed by atoms with Gasteiger partial charge in [0.15, 0.2) is 6.04 Å². The van der Waals surface area contributed by atoms with Gasteiger partial charge in [-0.25, -0.2) is 4.79 Å². The van der Waals surface area contributed by atoms with Crippen molar-refractivity contribution >= 4 is 35.4 Å². The number of nitrogens with zero attached hydrogens (tertiary/aromatic N) is 2. The van der Waals surface area contributed by atoms with Crippen LogP contribution in [0.4, 0.5) is 0 Å². The second-order valence-electron chi connectivity index (χ2n) is 8.35. The predicted octanol–water partition coefficient (Wildman–Crippen LogP) is 2.21. The maximum atomic E-state index is 12.4. The third kappa shape index (κ3) is 3.44. The van der Waals surface area contributed by atoms with Crippen LogP contribution in [0.25, 0.3) is 0 Å². The lowest BCUT2D eigenvalue weighted by atomic mass is 9.91. The van der Waals surface area contributed by atoms with Crippen molar-refractivity contribution in [3.05, 3.63) is 29.8 Å². The zero-order chi connectivity index (χ0) is 20.1. The summed E-state index contributed by atoms with van der Waals surface area (Å²) in [4.78, 5) is 26.9. The van der Waals surface area contributed by atoms with Crippen LogP contribution in [0.5, 0.6) is 0 Å². The topological polar surface area (TPSA) is 77.8 Å². The van der Waals surface area contributed by atoms with Gasteiger partial charge in [0.1, 0.15) is 6.54 Å². The maximum absolute atomic E-state index is 12.4. The molecule has 1 amide bonds. The summed E-state index contributed by atoms with van der Waals surface area (Å²) in [6.07, 6.45) is 1.75. The number of quaternary nitrogens is 1.